The summed E-state index contributed by atoms with van der Waals surface area (Å²) in [5, 5.41) is 9.30. The fraction of sp³-hybridized carbons (Fsp3) is 0.417. The average molecular weight is 374 g/mol. The Morgan fingerprint density at radius 1 is 1.21 bits per heavy atom. The van der Waals surface area contributed by atoms with Crippen molar-refractivity contribution in [2.24, 2.45) is 0 Å². The quantitative estimate of drug-likeness (QED) is 0.479. The lowest BCUT2D eigenvalue weighted by molar-refractivity contribution is 0.00776. The molecule has 0 amide bonds. The van der Waals surface area contributed by atoms with Gasteiger partial charge in [0.05, 0.1) is 12.6 Å². The molecule has 1 saturated carbocycles. The minimum absolute atomic E-state index is 0.184. The van der Waals surface area contributed by atoms with Crippen LogP contribution in [0.4, 0.5) is 5.69 Å². The van der Waals surface area contributed by atoms with Gasteiger partial charge in [0.25, 0.3) is 5.70 Å². The molecule has 1 spiro atoms. The lowest BCUT2D eigenvalue weighted by Gasteiger charge is -2.35. The van der Waals surface area contributed by atoms with Crippen LogP contribution in [0, 0.1) is 17.9 Å². The standard InChI is InChI=1S/C24H27N3O/c1-4-27(5-2)21-11-8-19(9-12-21)10-13-22-16-20(23(18-25)26-3)17-24(28-22)14-6-7-15-24/h8-13,16H,4-7,14-15,17H2,1-2H3. The predicted molar refractivity (Wildman–Crippen MR) is 113 cm³/mol. The molecule has 2 aliphatic rings. The Morgan fingerprint density at radius 2 is 1.89 bits per heavy atom. The molecule has 0 N–H and O–H groups in total. The van der Waals surface area contributed by atoms with Crippen LogP contribution < -0.4 is 4.90 Å². The van der Waals surface area contributed by atoms with Crippen LogP contribution in [0.3, 0.4) is 0 Å². The Morgan fingerprint density at radius 3 is 2.46 bits per heavy atom. The van der Waals surface area contributed by atoms with Gasteiger partial charge >= 0.3 is 0 Å². The van der Waals surface area contributed by atoms with Gasteiger partial charge in [-0.05, 0) is 75.0 Å². The van der Waals surface area contributed by atoms with Gasteiger partial charge in [-0.15, -0.1) is 0 Å². The highest BCUT2D eigenvalue weighted by atomic mass is 16.5. The molecule has 1 fully saturated rings. The van der Waals surface area contributed by atoms with Gasteiger partial charge in [-0.1, -0.05) is 18.2 Å². The monoisotopic (exact) mass is 373 g/mol. The molecule has 0 unspecified atom stereocenters. The zero-order valence-corrected chi connectivity index (χ0v) is 16.7. The molecule has 0 saturated heterocycles. The molecule has 1 aromatic rings. The molecule has 4 heteroatoms. The highest BCUT2D eigenvalue weighted by Crippen LogP contribution is 2.44. The molecule has 3 rings (SSSR count). The highest BCUT2D eigenvalue weighted by Gasteiger charge is 2.39. The van der Waals surface area contributed by atoms with Crippen LogP contribution in [-0.4, -0.2) is 18.7 Å². The first-order chi connectivity index (χ1) is 13.6. The molecule has 0 atom stereocenters. The number of rotatable bonds is 5. The first-order valence-electron chi connectivity index (χ1n) is 10.1. The number of hydrogen-bond acceptors (Lipinski definition) is 3. The van der Waals surface area contributed by atoms with Crippen molar-refractivity contribution < 1.29 is 4.74 Å². The maximum atomic E-state index is 9.30. The molecule has 1 heterocycles. The van der Waals surface area contributed by atoms with Crippen molar-refractivity contribution in [1.29, 1.82) is 5.26 Å². The van der Waals surface area contributed by atoms with Gasteiger partial charge in [0.15, 0.2) is 0 Å². The number of allylic oxidation sites excluding steroid dienone is 3. The Balaban J connectivity index is 1.84. The van der Waals surface area contributed by atoms with E-state index in [1.165, 1.54) is 5.69 Å². The van der Waals surface area contributed by atoms with Gasteiger partial charge < -0.3 is 9.64 Å². The van der Waals surface area contributed by atoms with E-state index in [9.17, 15) is 5.26 Å². The Bertz CT molecular complexity index is 852. The SMILES string of the molecule is [C-]#[N+]C(C#N)=C1C=C(C=Cc2ccc(N(CC)CC)cc2)OC2(CCCC2)C1. The molecule has 0 aromatic heterocycles. The largest absolute Gasteiger partial charge is 0.487 e. The third-order valence-electron chi connectivity index (χ3n) is 5.66. The first kappa shape index (κ1) is 19.8. The number of anilines is 1. The van der Waals surface area contributed by atoms with E-state index in [1.807, 2.05) is 24.3 Å². The third kappa shape index (κ3) is 4.29. The molecule has 28 heavy (non-hydrogen) atoms. The van der Waals surface area contributed by atoms with Crippen LogP contribution in [0.2, 0.25) is 0 Å². The molecular weight excluding hydrogens is 346 g/mol. The summed E-state index contributed by atoms with van der Waals surface area (Å²) in [6, 6.07) is 10.5. The number of ether oxygens (including phenoxy) is 1. The number of nitriles is 1. The van der Waals surface area contributed by atoms with Crippen LogP contribution in [0.15, 0.2) is 53.4 Å². The maximum absolute atomic E-state index is 9.30. The molecule has 1 aliphatic carbocycles. The van der Waals surface area contributed by atoms with Crippen LogP contribution in [-0.2, 0) is 4.74 Å². The van der Waals surface area contributed by atoms with E-state index in [0.29, 0.717) is 6.42 Å². The lowest BCUT2D eigenvalue weighted by atomic mass is 9.88. The van der Waals surface area contributed by atoms with Crippen LogP contribution >= 0.6 is 0 Å². The molecule has 1 aromatic carbocycles. The summed E-state index contributed by atoms with van der Waals surface area (Å²) in [6.45, 7) is 13.6. The second-order valence-corrected chi connectivity index (χ2v) is 7.41. The average Bonchev–Trinajstić information content (AvgIpc) is 3.16. The summed E-state index contributed by atoms with van der Waals surface area (Å²) in [7, 11) is 0. The van der Waals surface area contributed by atoms with Gasteiger partial charge in [-0.2, -0.15) is 0 Å². The third-order valence-corrected chi connectivity index (χ3v) is 5.66. The topological polar surface area (TPSA) is 40.6 Å². The van der Waals surface area contributed by atoms with Crippen molar-refractivity contribution in [2.45, 2.75) is 51.6 Å². The first-order valence-corrected chi connectivity index (χ1v) is 10.1. The van der Waals surface area contributed by atoms with E-state index in [2.05, 4.69) is 47.9 Å². The molecular formula is C24H27N3O. The number of hydrogen-bond donors (Lipinski definition) is 0. The molecule has 144 valence electrons. The van der Waals surface area contributed by atoms with E-state index in [-0.39, 0.29) is 11.3 Å². The van der Waals surface area contributed by atoms with Crippen molar-refractivity contribution in [1.82, 2.24) is 0 Å². The predicted octanol–water partition coefficient (Wildman–Crippen LogP) is 5.86. The van der Waals surface area contributed by atoms with Crippen LogP contribution in [0.5, 0.6) is 0 Å². The van der Waals surface area contributed by atoms with Gasteiger partial charge in [0, 0.05) is 25.2 Å². The summed E-state index contributed by atoms with van der Waals surface area (Å²) < 4.78 is 6.34. The lowest BCUT2D eigenvalue weighted by Crippen LogP contribution is -2.31. The van der Waals surface area contributed by atoms with E-state index >= 15 is 0 Å². The van der Waals surface area contributed by atoms with Gasteiger partial charge in [-0.3, -0.25) is 0 Å². The fourth-order valence-electron chi connectivity index (χ4n) is 4.15. The molecule has 1 aliphatic heterocycles. The Kier molecular flexibility index (Phi) is 6.22. The normalized spacial score (nSPS) is 19.6. The van der Waals surface area contributed by atoms with E-state index < -0.39 is 0 Å². The summed E-state index contributed by atoms with van der Waals surface area (Å²) >= 11 is 0. The molecule has 4 nitrogen and oxygen atoms in total. The summed E-state index contributed by atoms with van der Waals surface area (Å²) in [5.41, 5.74) is 3.07. The summed E-state index contributed by atoms with van der Waals surface area (Å²) in [5.74, 6) is 0.743. The van der Waals surface area contributed by atoms with Crippen LogP contribution in [0.25, 0.3) is 10.9 Å². The minimum Gasteiger partial charge on any atom is -0.487 e. The minimum atomic E-state index is -0.247. The molecule has 0 bridgehead atoms. The zero-order chi connectivity index (χ0) is 20.0. The number of benzene rings is 1. The second-order valence-electron chi connectivity index (χ2n) is 7.41. The van der Waals surface area contributed by atoms with Crippen LogP contribution in [0.1, 0.15) is 51.5 Å². The van der Waals surface area contributed by atoms with E-state index in [4.69, 9.17) is 11.3 Å². The van der Waals surface area contributed by atoms with E-state index in [0.717, 1.165) is 55.7 Å². The Hall–Kier alpha value is -2.98. The number of nitrogens with zero attached hydrogens (tertiary/aromatic N) is 3. The summed E-state index contributed by atoms with van der Waals surface area (Å²) in [4.78, 5) is 5.73. The van der Waals surface area contributed by atoms with Crippen molar-refractivity contribution in [2.75, 3.05) is 18.0 Å². The van der Waals surface area contributed by atoms with Crippen molar-refractivity contribution >= 4 is 11.8 Å². The highest BCUT2D eigenvalue weighted by molar-refractivity contribution is 5.58. The van der Waals surface area contributed by atoms with Crippen molar-refractivity contribution in [3.8, 4) is 6.07 Å². The van der Waals surface area contributed by atoms with Crippen molar-refractivity contribution in [3.05, 3.63) is 70.4 Å². The van der Waals surface area contributed by atoms with Crippen molar-refractivity contribution in [3.63, 3.8) is 0 Å². The maximum Gasteiger partial charge on any atom is 0.265 e. The van der Waals surface area contributed by atoms with Gasteiger partial charge in [0.1, 0.15) is 11.4 Å². The van der Waals surface area contributed by atoms with Gasteiger partial charge in [0.2, 0.25) is 0 Å². The Labute approximate surface area is 168 Å². The van der Waals surface area contributed by atoms with Gasteiger partial charge in [-0.25, -0.2) is 10.1 Å². The smallest absolute Gasteiger partial charge is 0.265 e. The zero-order valence-electron chi connectivity index (χ0n) is 16.7. The van der Waals surface area contributed by atoms with E-state index in [1.54, 1.807) is 0 Å². The molecule has 0 radical (unpaired) electrons. The second kappa shape index (κ2) is 8.81. The summed E-state index contributed by atoms with van der Waals surface area (Å²) in [6.07, 6.45) is 10.8. The fourth-order valence-corrected chi connectivity index (χ4v) is 4.15.